The summed E-state index contributed by atoms with van der Waals surface area (Å²) in [5, 5.41) is 1.52. The maximum atomic E-state index is 13.0. The summed E-state index contributed by atoms with van der Waals surface area (Å²) in [5.41, 5.74) is 2.23. The molecule has 3 heterocycles. The van der Waals surface area contributed by atoms with Crippen LogP contribution in [0.5, 0.6) is 0 Å². The summed E-state index contributed by atoms with van der Waals surface area (Å²) >= 11 is 9.49. The summed E-state index contributed by atoms with van der Waals surface area (Å²) in [6, 6.07) is 11.4. The van der Waals surface area contributed by atoms with Crippen molar-refractivity contribution in [3.8, 4) is 0 Å². The number of piperazine rings is 1. The van der Waals surface area contributed by atoms with Crippen molar-refractivity contribution >= 4 is 50.2 Å². The molecule has 1 saturated heterocycles. The fourth-order valence-corrected chi connectivity index (χ4v) is 3.74. The maximum absolute atomic E-state index is 13.0. The van der Waals surface area contributed by atoms with E-state index in [0.29, 0.717) is 23.7 Å². The van der Waals surface area contributed by atoms with E-state index < -0.39 is 0 Å². The summed E-state index contributed by atoms with van der Waals surface area (Å²) in [4.78, 5) is 26.1. The second-order valence-electron chi connectivity index (χ2n) is 6.57. The van der Waals surface area contributed by atoms with Crippen LogP contribution >= 0.6 is 27.5 Å². The van der Waals surface area contributed by atoms with Gasteiger partial charge in [0.2, 0.25) is 0 Å². The minimum Gasteiger partial charge on any atom is -0.353 e. The van der Waals surface area contributed by atoms with Crippen LogP contribution in [0.15, 0.2) is 47.1 Å². The third kappa shape index (κ3) is 3.77. The van der Waals surface area contributed by atoms with Crippen LogP contribution in [0.4, 0.5) is 5.82 Å². The van der Waals surface area contributed by atoms with Crippen LogP contribution < -0.4 is 4.90 Å². The number of aryl methyl sites for hydroxylation is 1. The summed E-state index contributed by atoms with van der Waals surface area (Å²) in [5.74, 6) is 0.953. The quantitative estimate of drug-likeness (QED) is 0.589. The van der Waals surface area contributed by atoms with Gasteiger partial charge >= 0.3 is 0 Å². The first-order valence-electron chi connectivity index (χ1n) is 8.74. The van der Waals surface area contributed by atoms with E-state index in [0.717, 1.165) is 40.0 Å². The van der Waals surface area contributed by atoms with Gasteiger partial charge in [-0.3, -0.25) is 9.78 Å². The number of halogens is 2. The Kier molecular flexibility index (Phi) is 5.02. The number of hydrogen-bond donors (Lipinski definition) is 0. The van der Waals surface area contributed by atoms with Crippen LogP contribution in [0.2, 0.25) is 5.02 Å². The Morgan fingerprint density at radius 3 is 2.59 bits per heavy atom. The molecule has 0 radical (unpaired) electrons. The molecule has 0 atom stereocenters. The minimum absolute atomic E-state index is 0.0188. The molecule has 1 aromatic carbocycles. The van der Waals surface area contributed by atoms with E-state index in [1.54, 1.807) is 6.20 Å². The number of carbonyl (C=O) groups excluding carboxylic acids is 1. The first kappa shape index (κ1) is 18.2. The zero-order valence-electron chi connectivity index (χ0n) is 14.8. The lowest BCUT2D eigenvalue weighted by Gasteiger charge is -2.35. The van der Waals surface area contributed by atoms with Crippen molar-refractivity contribution in [2.75, 3.05) is 31.1 Å². The Morgan fingerprint density at radius 1 is 1.11 bits per heavy atom. The molecule has 5 nitrogen and oxygen atoms in total. The Bertz CT molecular complexity index is 1000. The van der Waals surface area contributed by atoms with Gasteiger partial charge in [0, 0.05) is 47.3 Å². The lowest BCUT2D eigenvalue weighted by atomic mass is 10.1. The third-order valence-electron chi connectivity index (χ3n) is 4.80. The van der Waals surface area contributed by atoms with Gasteiger partial charge in [-0.1, -0.05) is 11.6 Å². The molecule has 1 aliphatic rings. The molecule has 2 aromatic heterocycles. The van der Waals surface area contributed by atoms with E-state index in [1.807, 2.05) is 48.2 Å². The number of anilines is 1. The molecule has 1 aliphatic heterocycles. The number of hydrogen-bond acceptors (Lipinski definition) is 4. The van der Waals surface area contributed by atoms with Crippen LogP contribution in [0.3, 0.4) is 0 Å². The second-order valence-corrected chi connectivity index (χ2v) is 7.92. The molecule has 0 bridgehead atoms. The van der Waals surface area contributed by atoms with Gasteiger partial charge < -0.3 is 9.80 Å². The van der Waals surface area contributed by atoms with Gasteiger partial charge in [0.1, 0.15) is 5.82 Å². The summed E-state index contributed by atoms with van der Waals surface area (Å²) in [6.07, 6.45) is 1.79. The molecule has 1 fully saturated rings. The molecular weight excluding hydrogens is 428 g/mol. The fourth-order valence-electron chi connectivity index (χ4n) is 3.32. The van der Waals surface area contributed by atoms with Gasteiger partial charge in [0.25, 0.3) is 5.91 Å². The smallest absolute Gasteiger partial charge is 0.255 e. The second kappa shape index (κ2) is 7.44. The van der Waals surface area contributed by atoms with Crippen molar-refractivity contribution in [1.82, 2.24) is 14.9 Å². The molecule has 0 unspecified atom stereocenters. The first-order chi connectivity index (χ1) is 13.0. The lowest BCUT2D eigenvalue weighted by molar-refractivity contribution is 0.0745. The van der Waals surface area contributed by atoms with Gasteiger partial charge in [0.05, 0.1) is 16.8 Å². The first-order valence-corrected chi connectivity index (χ1v) is 9.91. The number of pyridine rings is 2. The number of nitrogens with zero attached hydrogens (tertiary/aromatic N) is 4. The monoisotopic (exact) mass is 444 g/mol. The molecule has 3 aromatic rings. The zero-order valence-corrected chi connectivity index (χ0v) is 17.2. The van der Waals surface area contributed by atoms with E-state index in [-0.39, 0.29) is 5.91 Å². The average Bonchev–Trinajstić information content (AvgIpc) is 2.68. The van der Waals surface area contributed by atoms with E-state index in [1.165, 1.54) is 0 Å². The standard InChI is InChI=1S/C20H18BrClN4O/c1-13-17(11-14-10-16(22)3-4-18(14)24-13)20(27)26-8-6-25(7-9-26)19-5-2-15(21)12-23-19/h2-5,10-12H,6-9H2,1H3. The molecular formula is C20H18BrClN4O. The van der Waals surface area contributed by atoms with E-state index in [4.69, 9.17) is 11.6 Å². The molecule has 7 heteroatoms. The largest absolute Gasteiger partial charge is 0.353 e. The van der Waals surface area contributed by atoms with E-state index >= 15 is 0 Å². The van der Waals surface area contributed by atoms with Crippen LogP contribution in [-0.4, -0.2) is 47.0 Å². The van der Waals surface area contributed by atoms with Gasteiger partial charge in [-0.15, -0.1) is 0 Å². The van der Waals surface area contributed by atoms with Crippen LogP contribution in [0.25, 0.3) is 10.9 Å². The highest BCUT2D eigenvalue weighted by Crippen LogP contribution is 2.23. The highest BCUT2D eigenvalue weighted by Gasteiger charge is 2.24. The van der Waals surface area contributed by atoms with Gasteiger partial charge in [-0.05, 0) is 59.3 Å². The normalized spacial score (nSPS) is 14.6. The third-order valence-corrected chi connectivity index (χ3v) is 5.50. The Labute approximate surface area is 171 Å². The molecule has 0 spiro atoms. The molecule has 0 aliphatic carbocycles. The van der Waals surface area contributed by atoms with E-state index in [2.05, 4.69) is 30.8 Å². The van der Waals surface area contributed by atoms with Crippen molar-refractivity contribution < 1.29 is 4.79 Å². The maximum Gasteiger partial charge on any atom is 0.255 e. The Morgan fingerprint density at radius 2 is 1.89 bits per heavy atom. The molecule has 138 valence electrons. The predicted octanol–water partition coefficient (Wildman–Crippen LogP) is 4.32. The molecule has 0 saturated carbocycles. The number of rotatable bonds is 2. The number of carbonyl (C=O) groups is 1. The fraction of sp³-hybridized carbons (Fsp3) is 0.250. The number of benzene rings is 1. The van der Waals surface area contributed by atoms with Crippen molar-refractivity contribution in [3.63, 3.8) is 0 Å². The summed E-state index contributed by atoms with van der Waals surface area (Å²) in [6.45, 7) is 4.70. The highest BCUT2D eigenvalue weighted by atomic mass is 79.9. The Balaban J connectivity index is 1.51. The summed E-state index contributed by atoms with van der Waals surface area (Å²) < 4.78 is 0.958. The van der Waals surface area contributed by atoms with Crippen LogP contribution in [0.1, 0.15) is 16.1 Å². The SMILES string of the molecule is Cc1nc2ccc(Cl)cc2cc1C(=O)N1CCN(c2ccc(Br)cn2)CC1. The highest BCUT2D eigenvalue weighted by molar-refractivity contribution is 9.10. The summed E-state index contributed by atoms with van der Waals surface area (Å²) in [7, 11) is 0. The number of aromatic nitrogens is 2. The Hall–Kier alpha value is -2.18. The topological polar surface area (TPSA) is 49.3 Å². The number of fused-ring (bicyclic) bond motifs is 1. The van der Waals surface area contributed by atoms with Gasteiger partial charge in [0.15, 0.2) is 0 Å². The van der Waals surface area contributed by atoms with Crippen molar-refractivity contribution in [2.45, 2.75) is 6.92 Å². The molecule has 1 amide bonds. The van der Waals surface area contributed by atoms with Crippen molar-refractivity contribution in [3.05, 3.63) is 63.3 Å². The zero-order chi connectivity index (χ0) is 19.0. The van der Waals surface area contributed by atoms with Crippen molar-refractivity contribution in [2.24, 2.45) is 0 Å². The van der Waals surface area contributed by atoms with Gasteiger partial charge in [-0.2, -0.15) is 0 Å². The molecule has 4 rings (SSSR count). The molecule has 0 N–H and O–H groups in total. The van der Waals surface area contributed by atoms with Crippen LogP contribution in [0, 0.1) is 6.92 Å². The minimum atomic E-state index is 0.0188. The predicted molar refractivity (Wildman–Crippen MR) is 112 cm³/mol. The van der Waals surface area contributed by atoms with Gasteiger partial charge in [-0.25, -0.2) is 4.98 Å². The van der Waals surface area contributed by atoms with E-state index in [9.17, 15) is 4.79 Å². The van der Waals surface area contributed by atoms with Crippen LogP contribution in [-0.2, 0) is 0 Å². The lowest BCUT2D eigenvalue weighted by Crippen LogP contribution is -2.49. The molecule has 27 heavy (non-hydrogen) atoms. The van der Waals surface area contributed by atoms with Crippen molar-refractivity contribution in [1.29, 1.82) is 0 Å². The number of amides is 1. The average molecular weight is 446 g/mol.